The van der Waals surface area contributed by atoms with E-state index in [-0.39, 0.29) is 0 Å². The average molecular weight is 333 g/mol. The third kappa shape index (κ3) is 4.11. The van der Waals surface area contributed by atoms with Crippen molar-refractivity contribution in [2.45, 2.75) is 19.8 Å². The van der Waals surface area contributed by atoms with Gasteiger partial charge in [-0.3, -0.25) is 0 Å². The maximum atomic E-state index is 5.44. The van der Waals surface area contributed by atoms with E-state index in [0.29, 0.717) is 5.92 Å². The molecule has 2 aromatic carbocycles. The summed E-state index contributed by atoms with van der Waals surface area (Å²) in [5.74, 6) is 1.57. The molecule has 0 bridgehead atoms. The highest BCUT2D eigenvalue weighted by molar-refractivity contribution is 9.09. The fraction of sp³-hybridized carbons (Fsp3) is 0.333. The Labute approximate surface area is 130 Å². The van der Waals surface area contributed by atoms with Crippen LogP contribution in [-0.4, -0.2) is 12.4 Å². The average Bonchev–Trinajstić information content (AvgIpc) is 2.49. The molecule has 0 radical (unpaired) electrons. The first-order valence-corrected chi connectivity index (χ1v) is 8.08. The molecule has 2 rings (SSSR count). The highest BCUT2D eigenvalue weighted by Crippen LogP contribution is 2.24. The van der Waals surface area contributed by atoms with Crippen LogP contribution in [0.1, 0.15) is 16.7 Å². The van der Waals surface area contributed by atoms with Gasteiger partial charge < -0.3 is 4.74 Å². The van der Waals surface area contributed by atoms with Crippen LogP contribution in [-0.2, 0) is 12.8 Å². The molecular formula is C18H21BrO. The molecule has 0 N–H and O–H groups in total. The molecule has 0 aliphatic heterocycles. The summed E-state index contributed by atoms with van der Waals surface area (Å²) in [6.07, 6.45) is 2.12. The van der Waals surface area contributed by atoms with E-state index in [1.165, 1.54) is 16.7 Å². The molecule has 2 heteroatoms. The zero-order chi connectivity index (χ0) is 14.4. The van der Waals surface area contributed by atoms with Gasteiger partial charge in [0.1, 0.15) is 5.75 Å². The number of ether oxygens (including phenoxy) is 1. The summed E-state index contributed by atoms with van der Waals surface area (Å²) in [7, 11) is 1.74. The molecule has 2 aromatic rings. The van der Waals surface area contributed by atoms with Crippen molar-refractivity contribution < 1.29 is 4.74 Å². The quantitative estimate of drug-likeness (QED) is 0.690. The van der Waals surface area contributed by atoms with Gasteiger partial charge in [-0.25, -0.2) is 0 Å². The van der Waals surface area contributed by atoms with Gasteiger partial charge in [0.2, 0.25) is 0 Å². The predicted octanol–water partition coefficient (Wildman–Crippen LogP) is 4.80. The van der Waals surface area contributed by atoms with Gasteiger partial charge in [0.15, 0.2) is 0 Å². The van der Waals surface area contributed by atoms with Crippen LogP contribution in [0.4, 0.5) is 0 Å². The van der Waals surface area contributed by atoms with E-state index in [0.717, 1.165) is 23.9 Å². The number of hydrogen-bond acceptors (Lipinski definition) is 1. The Morgan fingerprint density at radius 3 is 2.35 bits per heavy atom. The van der Waals surface area contributed by atoms with Crippen LogP contribution in [0.2, 0.25) is 0 Å². The maximum absolute atomic E-state index is 5.44. The highest BCUT2D eigenvalue weighted by Gasteiger charge is 2.12. The van der Waals surface area contributed by atoms with Crippen LogP contribution < -0.4 is 4.74 Å². The number of halogens is 1. The van der Waals surface area contributed by atoms with Crippen molar-refractivity contribution in [3.05, 3.63) is 65.2 Å². The van der Waals surface area contributed by atoms with E-state index in [1.54, 1.807) is 7.11 Å². The van der Waals surface area contributed by atoms with Crippen molar-refractivity contribution in [3.63, 3.8) is 0 Å². The topological polar surface area (TPSA) is 9.23 Å². The highest BCUT2D eigenvalue weighted by atomic mass is 79.9. The second-order valence-corrected chi connectivity index (χ2v) is 5.87. The standard InChI is InChI=1S/C18H21BrO/c1-14-7-9-15(10-8-14)11-16(13-19)12-17-5-3-4-6-18(17)20-2/h3-10,16H,11-13H2,1-2H3. The second-order valence-electron chi connectivity index (χ2n) is 5.23. The largest absolute Gasteiger partial charge is 0.496 e. The minimum atomic E-state index is 0.578. The zero-order valence-electron chi connectivity index (χ0n) is 12.1. The Kier molecular flexibility index (Phi) is 5.66. The lowest BCUT2D eigenvalue weighted by molar-refractivity contribution is 0.406. The summed E-state index contributed by atoms with van der Waals surface area (Å²) in [6, 6.07) is 17.1. The molecule has 0 aromatic heterocycles. The summed E-state index contributed by atoms with van der Waals surface area (Å²) in [6.45, 7) is 2.13. The first-order chi connectivity index (χ1) is 9.72. The number of hydrogen-bond donors (Lipinski definition) is 0. The van der Waals surface area contributed by atoms with E-state index in [4.69, 9.17) is 4.74 Å². The van der Waals surface area contributed by atoms with Crippen molar-refractivity contribution in [2.75, 3.05) is 12.4 Å². The second kappa shape index (κ2) is 7.49. The van der Waals surface area contributed by atoms with Crippen LogP contribution in [0, 0.1) is 12.8 Å². The number of methoxy groups -OCH3 is 1. The van der Waals surface area contributed by atoms with Crippen LogP contribution >= 0.6 is 15.9 Å². The molecule has 0 heterocycles. The monoisotopic (exact) mass is 332 g/mol. The minimum absolute atomic E-state index is 0.578. The Morgan fingerprint density at radius 2 is 1.70 bits per heavy atom. The number of aryl methyl sites for hydroxylation is 1. The Bertz CT molecular complexity index is 533. The van der Waals surface area contributed by atoms with Crippen LogP contribution in [0.25, 0.3) is 0 Å². The molecule has 20 heavy (non-hydrogen) atoms. The molecule has 106 valence electrons. The van der Waals surface area contributed by atoms with Crippen LogP contribution in [0.15, 0.2) is 48.5 Å². The summed E-state index contributed by atoms with van der Waals surface area (Å²) >= 11 is 3.65. The van der Waals surface area contributed by atoms with E-state index < -0.39 is 0 Å². The molecule has 0 fully saturated rings. The van der Waals surface area contributed by atoms with Crippen molar-refractivity contribution in [1.82, 2.24) is 0 Å². The zero-order valence-corrected chi connectivity index (χ0v) is 13.7. The maximum Gasteiger partial charge on any atom is 0.122 e. The van der Waals surface area contributed by atoms with Gasteiger partial charge in [-0.2, -0.15) is 0 Å². The number of rotatable bonds is 6. The van der Waals surface area contributed by atoms with Crippen molar-refractivity contribution in [1.29, 1.82) is 0 Å². The number of para-hydroxylation sites is 1. The Balaban J connectivity index is 2.07. The normalized spacial score (nSPS) is 12.2. The molecule has 1 atom stereocenters. The summed E-state index contributed by atoms with van der Waals surface area (Å²) < 4.78 is 5.44. The summed E-state index contributed by atoms with van der Waals surface area (Å²) in [5.41, 5.74) is 4.00. The summed E-state index contributed by atoms with van der Waals surface area (Å²) in [4.78, 5) is 0. The molecular weight excluding hydrogens is 312 g/mol. The minimum Gasteiger partial charge on any atom is -0.496 e. The molecule has 0 spiro atoms. The van der Waals surface area contributed by atoms with Crippen LogP contribution in [0.3, 0.4) is 0 Å². The predicted molar refractivity (Wildman–Crippen MR) is 88.9 cm³/mol. The van der Waals surface area contributed by atoms with Gasteiger partial charge in [-0.15, -0.1) is 0 Å². The molecule has 0 saturated carbocycles. The van der Waals surface area contributed by atoms with E-state index in [2.05, 4.69) is 59.3 Å². The Morgan fingerprint density at radius 1 is 1.00 bits per heavy atom. The van der Waals surface area contributed by atoms with Gasteiger partial charge in [-0.05, 0) is 42.9 Å². The fourth-order valence-corrected chi connectivity index (χ4v) is 2.88. The lowest BCUT2D eigenvalue weighted by Gasteiger charge is -2.16. The third-order valence-corrected chi connectivity index (χ3v) is 4.48. The first-order valence-electron chi connectivity index (χ1n) is 6.96. The van der Waals surface area contributed by atoms with Crippen molar-refractivity contribution >= 4 is 15.9 Å². The fourth-order valence-electron chi connectivity index (χ4n) is 2.42. The molecule has 1 nitrogen and oxygen atoms in total. The van der Waals surface area contributed by atoms with E-state index in [9.17, 15) is 0 Å². The van der Waals surface area contributed by atoms with Crippen molar-refractivity contribution in [3.8, 4) is 5.75 Å². The van der Waals surface area contributed by atoms with E-state index >= 15 is 0 Å². The van der Waals surface area contributed by atoms with Gasteiger partial charge in [0.25, 0.3) is 0 Å². The smallest absolute Gasteiger partial charge is 0.122 e. The third-order valence-electron chi connectivity index (χ3n) is 3.56. The van der Waals surface area contributed by atoms with Crippen LogP contribution in [0.5, 0.6) is 5.75 Å². The van der Waals surface area contributed by atoms with Gasteiger partial charge >= 0.3 is 0 Å². The lowest BCUT2D eigenvalue weighted by Crippen LogP contribution is -2.10. The van der Waals surface area contributed by atoms with Crippen molar-refractivity contribution in [2.24, 2.45) is 5.92 Å². The molecule has 1 unspecified atom stereocenters. The number of benzene rings is 2. The van der Waals surface area contributed by atoms with Gasteiger partial charge in [0, 0.05) is 5.33 Å². The van der Waals surface area contributed by atoms with Gasteiger partial charge in [0.05, 0.1) is 7.11 Å². The van der Waals surface area contributed by atoms with E-state index in [1.807, 2.05) is 12.1 Å². The summed E-state index contributed by atoms with van der Waals surface area (Å²) in [5, 5.41) is 0.999. The molecule has 0 saturated heterocycles. The lowest BCUT2D eigenvalue weighted by atomic mass is 9.93. The molecule has 0 aliphatic carbocycles. The Hall–Kier alpha value is -1.28. The molecule has 0 aliphatic rings. The first kappa shape index (κ1) is 15.1. The molecule has 0 amide bonds. The van der Waals surface area contributed by atoms with Gasteiger partial charge in [-0.1, -0.05) is 64.0 Å². The number of alkyl halides is 1. The SMILES string of the molecule is COc1ccccc1CC(CBr)Cc1ccc(C)cc1.